The molecule has 0 unspecified atom stereocenters. The van der Waals surface area contributed by atoms with E-state index in [1.807, 2.05) is 24.3 Å². The third-order valence-electron chi connectivity index (χ3n) is 6.29. The Hall–Kier alpha value is -3.34. The minimum Gasteiger partial charge on any atom is -0.351 e. The number of anilines is 3. The first-order valence-electron chi connectivity index (χ1n) is 10.8. The van der Waals surface area contributed by atoms with Gasteiger partial charge in [-0.15, -0.1) is 0 Å². The van der Waals surface area contributed by atoms with E-state index in [2.05, 4.69) is 33.5 Å². The van der Waals surface area contributed by atoms with Gasteiger partial charge in [-0.1, -0.05) is 12.1 Å². The van der Waals surface area contributed by atoms with Crippen LogP contribution in [0.2, 0.25) is 0 Å². The lowest BCUT2D eigenvalue weighted by atomic mass is 9.97. The summed E-state index contributed by atoms with van der Waals surface area (Å²) in [6, 6.07) is 10.5. The lowest BCUT2D eigenvalue weighted by Crippen LogP contribution is -2.56. The monoisotopic (exact) mass is 419 g/mol. The van der Waals surface area contributed by atoms with Crippen molar-refractivity contribution in [3.05, 3.63) is 42.2 Å². The Balaban J connectivity index is 1.45. The molecule has 0 bridgehead atoms. The number of piperidine rings is 1. The van der Waals surface area contributed by atoms with Gasteiger partial charge in [-0.25, -0.2) is 9.78 Å². The molecule has 8 heteroatoms. The molecule has 31 heavy (non-hydrogen) atoms. The normalized spacial score (nSPS) is 21.7. The number of aromatic nitrogens is 2. The van der Waals surface area contributed by atoms with Crippen molar-refractivity contribution in [3.8, 4) is 6.07 Å². The predicted octanol–water partition coefficient (Wildman–Crippen LogP) is 3.40. The van der Waals surface area contributed by atoms with E-state index in [0.717, 1.165) is 49.3 Å². The maximum absolute atomic E-state index is 12.1. The number of amides is 2. The quantitative estimate of drug-likeness (QED) is 0.771. The van der Waals surface area contributed by atoms with Gasteiger partial charge in [-0.2, -0.15) is 5.26 Å². The summed E-state index contributed by atoms with van der Waals surface area (Å²) < 4.78 is 0. The van der Waals surface area contributed by atoms with Gasteiger partial charge in [0.2, 0.25) is 0 Å². The SMILES string of the molecule is C[C@@H]1[C@H](NC(=O)N(C)C)CCCN1c1cncc(Nc2ccc(C3(C#N)CC3)cc2)n1. The van der Waals surface area contributed by atoms with Crippen molar-refractivity contribution in [1.82, 2.24) is 20.2 Å². The maximum atomic E-state index is 12.1. The summed E-state index contributed by atoms with van der Waals surface area (Å²) in [6.07, 6.45) is 7.27. The van der Waals surface area contributed by atoms with Gasteiger partial charge in [0.25, 0.3) is 0 Å². The second-order valence-electron chi connectivity index (χ2n) is 8.69. The fourth-order valence-electron chi connectivity index (χ4n) is 4.11. The lowest BCUT2D eigenvalue weighted by molar-refractivity contribution is 0.207. The molecule has 1 aromatic heterocycles. The maximum Gasteiger partial charge on any atom is 0.317 e. The first-order chi connectivity index (χ1) is 14.9. The minimum atomic E-state index is -0.277. The Morgan fingerprint density at radius 2 is 2.00 bits per heavy atom. The lowest BCUT2D eigenvalue weighted by Gasteiger charge is -2.40. The van der Waals surface area contributed by atoms with Crippen LogP contribution in [-0.4, -0.2) is 53.6 Å². The van der Waals surface area contributed by atoms with Crippen LogP contribution in [0, 0.1) is 11.3 Å². The van der Waals surface area contributed by atoms with Crippen molar-refractivity contribution >= 4 is 23.4 Å². The van der Waals surface area contributed by atoms with E-state index in [4.69, 9.17) is 4.98 Å². The molecule has 8 nitrogen and oxygen atoms in total. The number of carbonyl (C=O) groups excluding carboxylic acids is 1. The van der Waals surface area contributed by atoms with E-state index in [1.165, 1.54) is 0 Å². The van der Waals surface area contributed by atoms with E-state index in [-0.39, 0.29) is 23.5 Å². The Bertz CT molecular complexity index is 978. The van der Waals surface area contributed by atoms with E-state index in [1.54, 1.807) is 31.4 Å². The highest BCUT2D eigenvalue weighted by atomic mass is 16.2. The van der Waals surface area contributed by atoms with Crippen LogP contribution < -0.4 is 15.5 Å². The van der Waals surface area contributed by atoms with E-state index in [0.29, 0.717) is 5.82 Å². The van der Waals surface area contributed by atoms with Crippen LogP contribution in [0.5, 0.6) is 0 Å². The number of nitriles is 1. The number of benzene rings is 1. The van der Waals surface area contributed by atoms with Crippen molar-refractivity contribution in [1.29, 1.82) is 5.26 Å². The summed E-state index contributed by atoms with van der Waals surface area (Å²) in [7, 11) is 3.50. The smallest absolute Gasteiger partial charge is 0.317 e. The van der Waals surface area contributed by atoms with Crippen LogP contribution in [0.25, 0.3) is 0 Å². The number of nitrogens with zero attached hydrogens (tertiary/aromatic N) is 5. The molecule has 2 amide bonds. The Labute approximate surface area is 183 Å². The molecule has 1 saturated heterocycles. The van der Waals surface area contributed by atoms with E-state index in [9.17, 15) is 10.1 Å². The Morgan fingerprint density at radius 1 is 1.26 bits per heavy atom. The van der Waals surface area contributed by atoms with Gasteiger partial charge in [-0.05, 0) is 50.3 Å². The zero-order valence-electron chi connectivity index (χ0n) is 18.3. The van der Waals surface area contributed by atoms with Crippen LogP contribution in [0.4, 0.5) is 22.1 Å². The van der Waals surface area contributed by atoms with Gasteiger partial charge in [0.1, 0.15) is 5.82 Å². The van der Waals surface area contributed by atoms with Crippen molar-refractivity contribution in [2.24, 2.45) is 0 Å². The molecule has 2 heterocycles. The predicted molar refractivity (Wildman–Crippen MR) is 120 cm³/mol. The average Bonchev–Trinajstić information content (AvgIpc) is 3.57. The summed E-state index contributed by atoms with van der Waals surface area (Å²) in [4.78, 5) is 25.0. The Kier molecular flexibility index (Phi) is 5.68. The fourth-order valence-corrected chi connectivity index (χ4v) is 4.11. The molecule has 2 fully saturated rings. The van der Waals surface area contributed by atoms with Crippen molar-refractivity contribution in [3.63, 3.8) is 0 Å². The minimum absolute atomic E-state index is 0.0597. The van der Waals surface area contributed by atoms with Crippen molar-refractivity contribution in [2.75, 3.05) is 30.9 Å². The van der Waals surface area contributed by atoms with Crippen LogP contribution >= 0.6 is 0 Å². The first kappa shape index (κ1) is 20.9. The third kappa shape index (κ3) is 4.41. The second kappa shape index (κ2) is 8.42. The van der Waals surface area contributed by atoms with Crippen LogP contribution in [-0.2, 0) is 5.41 Å². The molecule has 2 N–H and O–H groups in total. The van der Waals surface area contributed by atoms with Crippen molar-refractivity contribution in [2.45, 2.75) is 50.1 Å². The van der Waals surface area contributed by atoms with Crippen LogP contribution in [0.3, 0.4) is 0 Å². The largest absolute Gasteiger partial charge is 0.351 e. The molecule has 2 aromatic rings. The van der Waals surface area contributed by atoms with Gasteiger partial charge in [-0.3, -0.25) is 4.98 Å². The van der Waals surface area contributed by atoms with Crippen LogP contribution in [0.15, 0.2) is 36.7 Å². The molecule has 0 spiro atoms. The number of rotatable bonds is 5. The second-order valence-corrected chi connectivity index (χ2v) is 8.69. The van der Waals surface area contributed by atoms with Crippen molar-refractivity contribution < 1.29 is 4.79 Å². The third-order valence-corrected chi connectivity index (χ3v) is 6.29. The summed E-state index contributed by atoms with van der Waals surface area (Å²) in [5.74, 6) is 1.46. The average molecular weight is 420 g/mol. The Morgan fingerprint density at radius 3 is 2.65 bits per heavy atom. The van der Waals surface area contributed by atoms with Gasteiger partial charge >= 0.3 is 6.03 Å². The molecule has 1 aliphatic heterocycles. The zero-order chi connectivity index (χ0) is 22.0. The standard InChI is InChI=1S/C23H29N7O/c1-16-19(27-22(31)29(2)3)5-4-12-30(16)21-14-25-13-20(28-21)26-18-8-6-17(7-9-18)23(15-24)10-11-23/h6-9,13-14,16,19H,4-5,10-12H2,1-3H3,(H,26,28)(H,27,31)/t16-,19-/m1/s1. The van der Waals surface area contributed by atoms with Gasteiger partial charge in [0.15, 0.2) is 5.82 Å². The molecule has 2 atom stereocenters. The highest BCUT2D eigenvalue weighted by molar-refractivity contribution is 5.74. The number of hydrogen-bond donors (Lipinski definition) is 2. The molecule has 1 aromatic carbocycles. The van der Waals surface area contributed by atoms with E-state index >= 15 is 0 Å². The van der Waals surface area contributed by atoms with Crippen LogP contribution in [0.1, 0.15) is 38.2 Å². The first-order valence-corrected chi connectivity index (χ1v) is 10.8. The number of nitrogens with one attached hydrogen (secondary N) is 2. The molecule has 1 aliphatic carbocycles. The summed E-state index contributed by atoms with van der Waals surface area (Å²) in [5, 5.41) is 15.8. The molecule has 162 valence electrons. The molecular formula is C23H29N7O. The summed E-state index contributed by atoms with van der Waals surface area (Å²) in [5.41, 5.74) is 1.71. The van der Waals surface area contributed by atoms with E-state index < -0.39 is 0 Å². The fraction of sp³-hybridized carbons (Fsp3) is 0.478. The van der Waals surface area contributed by atoms with Gasteiger partial charge in [0.05, 0.1) is 29.9 Å². The highest BCUT2D eigenvalue weighted by Crippen LogP contribution is 2.47. The summed E-state index contributed by atoms with van der Waals surface area (Å²) >= 11 is 0. The highest BCUT2D eigenvalue weighted by Gasteiger charge is 2.44. The molecule has 4 rings (SSSR count). The number of hydrogen-bond acceptors (Lipinski definition) is 6. The molecule has 2 aliphatic rings. The molecular weight excluding hydrogens is 390 g/mol. The number of urea groups is 1. The van der Waals surface area contributed by atoms with Gasteiger partial charge in [0, 0.05) is 32.4 Å². The summed E-state index contributed by atoms with van der Waals surface area (Å²) in [6.45, 7) is 2.99. The topological polar surface area (TPSA) is 97.2 Å². The molecule has 0 radical (unpaired) electrons. The van der Waals surface area contributed by atoms with Gasteiger partial charge < -0.3 is 20.4 Å². The number of carbonyl (C=O) groups is 1. The zero-order valence-corrected chi connectivity index (χ0v) is 18.3. The molecule has 1 saturated carbocycles.